The molecule has 17 heteroatoms. The van der Waals surface area contributed by atoms with Crippen LogP contribution in [0.15, 0.2) is 41.3 Å². The van der Waals surface area contributed by atoms with Crippen LogP contribution in [0.5, 0.6) is 0 Å². The van der Waals surface area contributed by atoms with Crippen LogP contribution in [-0.4, -0.2) is 59.9 Å². The Morgan fingerprint density at radius 1 is 0.913 bits per heavy atom. The third-order valence-corrected chi connectivity index (χ3v) is 10.5. The number of amides is 2. The van der Waals surface area contributed by atoms with E-state index < -0.39 is 60.3 Å². The summed E-state index contributed by atoms with van der Waals surface area (Å²) in [7, 11) is -7.69. The minimum atomic E-state index is -4.60. The zero-order valence-electron chi connectivity index (χ0n) is 26.6. The maximum Gasteiger partial charge on any atom is 0.356 e. The number of urea groups is 1. The SMILES string of the molecule is CNC(=O)N1CCc2cc(N(CP(=O)(OCOC(=O)C(C)(C)C)OCOC(=O)C(C)(C)C)S(=O)(=O)c3cc(Cl)cc(Cl)c3)ccc21. The first-order valence-corrected chi connectivity index (χ1v) is 17.9. The molecule has 1 aliphatic rings. The first-order chi connectivity index (χ1) is 21.2. The molecule has 0 aromatic heterocycles. The molecule has 0 spiro atoms. The van der Waals surface area contributed by atoms with Crippen LogP contribution in [0, 0.1) is 10.8 Å². The van der Waals surface area contributed by atoms with Crippen molar-refractivity contribution in [2.24, 2.45) is 10.8 Å². The number of nitrogens with one attached hydrogen (secondary N) is 1. The molecule has 3 rings (SSSR count). The second-order valence-corrected chi connectivity index (χ2v) is 17.1. The molecule has 13 nitrogen and oxygen atoms in total. The second-order valence-electron chi connectivity index (χ2n) is 12.3. The lowest BCUT2D eigenvalue weighted by atomic mass is 9.98. The monoisotopic (exact) mass is 721 g/mol. The predicted molar refractivity (Wildman–Crippen MR) is 174 cm³/mol. The fraction of sp³-hybridized carbons (Fsp3) is 0.483. The van der Waals surface area contributed by atoms with E-state index in [1.807, 2.05) is 0 Å². The number of fused-ring (bicyclic) bond motifs is 1. The van der Waals surface area contributed by atoms with Gasteiger partial charge < -0.3 is 14.8 Å². The van der Waals surface area contributed by atoms with Gasteiger partial charge in [-0.25, -0.2) is 13.2 Å². The number of rotatable bonds is 11. The minimum Gasteiger partial charge on any atom is -0.438 e. The molecule has 0 radical (unpaired) electrons. The number of nitrogens with zero attached hydrogens (tertiary/aromatic N) is 2. The highest BCUT2D eigenvalue weighted by atomic mass is 35.5. The van der Waals surface area contributed by atoms with Gasteiger partial charge in [-0.05, 0) is 89.9 Å². The van der Waals surface area contributed by atoms with Gasteiger partial charge in [0.25, 0.3) is 10.0 Å². The van der Waals surface area contributed by atoms with Gasteiger partial charge in [0, 0.05) is 29.3 Å². The van der Waals surface area contributed by atoms with Gasteiger partial charge in [-0.2, -0.15) is 0 Å². The molecule has 2 amide bonds. The standard InChI is InChI=1S/C29H38Cl2N3O10PS/c1-28(2,3)25(35)41-17-43-45(38,44-18-42-26(36)29(4,5)6)16-34(46(39,40)23-14-20(30)13-21(31)15-23)22-8-9-24-19(12-22)10-11-33(24)27(37)32-7/h8-9,12-15H,10-11,16-18H2,1-7H3,(H,32,37). The first-order valence-electron chi connectivity index (χ1n) is 14.0. The Labute approximate surface area is 279 Å². The lowest BCUT2D eigenvalue weighted by Gasteiger charge is -2.29. The van der Waals surface area contributed by atoms with E-state index in [9.17, 15) is 27.4 Å². The van der Waals surface area contributed by atoms with E-state index in [1.165, 1.54) is 42.3 Å². The smallest absolute Gasteiger partial charge is 0.356 e. The molecule has 0 bridgehead atoms. The van der Waals surface area contributed by atoms with Crippen LogP contribution in [0.3, 0.4) is 0 Å². The molecule has 1 heterocycles. The summed E-state index contributed by atoms with van der Waals surface area (Å²) in [5, 5.41) is 2.62. The summed E-state index contributed by atoms with van der Waals surface area (Å²) in [6.45, 7) is 8.22. The number of benzene rings is 2. The van der Waals surface area contributed by atoms with Crippen LogP contribution >= 0.6 is 30.8 Å². The highest BCUT2D eigenvalue weighted by Gasteiger charge is 2.38. The minimum absolute atomic E-state index is 0.0278. The summed E-state index contributed by atoms with van der Waals surface area (Å²) in [6, 6.07) is 7.85. The normalized spacial score (nSPS) is 13.6. The Kier molecular flexibility index (Phi) is 11.8. The number of hydrogen-bond acceptors (Lipinski definition) is 10. The van der Waals surface area contributed by atoms with Crippen LogP contribution in [0.25, 0.3) is 0 Å². The van der Waals surface area contributed by atoms with E-state index in [-0.39, 0.29) is 26.7 Å². The summed E-state index contributed by atoms with van der Waals surface area (Å²) < 4.78 is 64.5. The number of ether oxygens (including phenoxy) is 2. The Bertz CT molecular complexity index is 1580. The maximum absolute atomic E-state index is 14.2. The molecule has 0 saturated heterocycles. The molecule has 2 aromatic rings. The van der Waals surface area contributed by atoms with E-state index in [0.29, 0.717) is 24.2 Å². The summed E-state index contributed by atoms with van der Waals surface area (Å²) in [4.78, 5) is 38.2. The number of carbonyl (C=O) groups is 3. The van der Waals surface area contributed by atoms with E-state index in [0.717, 1.165) is 4.31 Å². The first kappa shape index (κ1) is 37.6. The molecule has 0 atom stereocenters. The molecular formula is C29H38Cl2N3O10PS. The quantitative estimate of drug-likeness (QED) is 0.162. The van der Waals surface area contributed by atoms with E-state index in [2.05, 4.69) is 5.32 Å². The van der Waals surface area contributed by atoms with Crippen LogP contribution in [-0.2, 0) is 49.1 Å². The van der Waals surface area contributed by atoms with Crippen molar-refractivity contribution >= 4 is 70.2 Å². The maximum atomic E-state index is 14.2. The van der Waals surface area contributed by atoms with Gasteiger partial charge in [-0.1, -0.05) is 23.2 Å². The molecular weight excluding hydrogens is 684 g/mol. The molecule has 2 aromatic carbocycles. The lowest BCUT2D eigenvalue weighted by molar-refractivity contribution is -0.162. The summed E-state index contributed by atoms with van der Waals surface area (Å²) in [5.41, 5.74) is -0.611. The number of anilines is 2. The number of esters is 2. The van der Waals surface area contributed by atoms with Crippen molar-refractivity contribution in [1.82, 2.24) is 5.32 Å². The zero-order chi connectivity index (χ0) is 34.7. The molecule has 0 unspecified atom stereocenters. The molecule has 0 aliphatic carbocycles. The number of halogens is 2. The van der Waals surface area contributed by atoms with Crippen LogP contribution in [0.4, 0.5) is 16.2 Å². The molecule has 1 N–H and O–H groups in total. The molecule has 254 valence electrons. The van der Waals surface area contributed by atoms with Crippen molar-refractivity contribution in [3.05, 3.63) is 52.0 Å². The summed E-state index contributed by atoms with van der Waals surface area (Å²) in [6.07, 6.45) is -0.540. The van der Waals surface area contributed by atoms with Crippen molar-refractivity contribution in [3.8, 4) is 0 Å². The fourth-order valence-electron chi connectivity index (χ4n) is 4.02. The van der Waals surface area contributed by atoms with Gasteiger partial charge in [0.1, 0.15) is 6.29 Å². The average Bonchev–Trinajstić information content (AvgIpc) is 3.37. The highest BCUT2D eigenvalue weighted by molar-refractivity contribution is 7.93. The van der Waals surface area contributed by atoms with Gasteiger partial charge in [-0.3, -0.25) is 32.4 Å². The van der Waals surface area contributed by atoms with Crippen LogP contribution in [0.2, 0.25) is 10.0 Å². The Morgan fingerprint density at radius 3 is 1.91 bits per heavy atom. The third-order valence-electron chi connectivity index (χ3n) is 6.53. The predicted octanol–water partition coefficient (Wildman–Crippen LogP) is 6.17. The van der Waals surface area contributed by atoms with Crippen LogP contribution in [0.1, 0.15) is 47.1 Å². The van der Waals surface area contributed by atoms with Gasteiger partial charge in [0.2, 0.25) is 13.6 Å². The molecule has 0 fully saturated rings. The molecule has 0 saturated carbocycles. The second kappa shape index (κ2) is 14.5. The molecule has 1 aliphatic heterocycles. The van der Waals surface area contributed by atoms with E-state index >= 15 is 0 Å². The van der Waals surface area contributed by atoms with Crippen molar-refractivity contribution in [2.45, 2.75) is 52.9 Å². The van der Waals surface area contributed by atoms with E-state index in [4.69, 9.17) is 41.7 Å². The summed E-state index contributed by atoms with van der Waals surface area (Å²) in [5.74, 6) is -1.37. The number of hydrogen-bond donors (Lipinski definition) is 1. The Hall–Kier alpha value is -2.87. The Balaban J connectivity index is 2.08. The van der Waals surface area contributed by atoms with Crippen molar-refractivity contribution in [3.63, 3.8) is 0 Å². The van der Waals surface area contributed by atoms with Crippen molar-refractivity contribution < 1.29 is 45.9 Å². The highest BCUT2D eigenvalue weighted by Crippen LogP contribution is 2.51. The lowest BCUT2D eigenvalue weighted by Crippen LogP contribution is -2.36. The fourth-order valence-corrected chi connectivity index (χ4v) is 8.05. The average molecular weight is 723 g/mol. The Morgan fingerprint density at radius 2 is 1.43 bits per heavy atom. The van der Waals surface area contributed by atoms with Crippen molar-refractivity contribution in [1.29, 1.82) is 0 Å². The zero-order valence-corrected chi connectivity index (χ0v) is 29.8. The number of sulfonamides is 1. The summed E-state index contributed by atoms with van der Waals surface area (Å²) >= 11 is 12.3. The molecule has 46 heavy (non-hydrogen) atoms. The van der Waals surface area contributed by atoms with E-state index in [1.54, 1.807) is 47.6 Å². The van der Waals surface area contributed by atoms with Gasteiger partial charge >= 0.3 is 25.6 Å². The van der Waals surface area contributed by atoms with Crippen LogP contribution < -0.4 is 14.5 Å². The third kappa shape index (κ3) is 9.36. The van der Waals surface area contributed by atoms with Gasteiger partial charge in [-0.15, -0.1) is 0 Å². The largest absolute Gasteiger partial charge is 0.438 e. The van der Waals surface area contributed by atoms with Gasteiger partial charge in [0.05, 0.1) is 21.4 Å². The topological polar surface area (TPSA) is 158 Å². The number of carbonyl (C=O) groups excluding carboxylic acids is 3. The van der Waals surface area contributed by atoms with Crippen molar-refractivity contribution in [2.75, 3.05) is 42.7 Å². The van der Waals surface area contributed by atoms with Gasteiger partial charge in [0.15, 0.2) is 0 Å².